The highest BCUT2D eigenvalue weighted by Crippen LogP contribution is 2.25. The molecule has 2 aromatic rings. The zero-order valence-electron chi connectivity index (χ0n) is 8.53. The summed E-state index contributed by atoms with van der Waals surface area (Å²) in [6.07, 6.45) is 1.39. The molecule has 0 atom stereocenters. The molecule has 0 aliphatic heterocycles. The third-order valence-corrected chi connectivity index (χ3v) is 2.51. The smallest absolute Gasteiger partial charge is 0.341 e. The van der Waals surface area contributed by atoms with Crippen LogP contribution in [0.15, 0.2) is 24.4 Å². The van der Waals surface area contributed by atoms with E-state index in [4.69, 9.17) is 17.3 Å². The van der Waals surface area contributed by atoms with Gasteiger partial charge in [-0.05, 0) is 18.2 Å². The Hall–Kier alpha value is -1.81. The molecule has 0 spiro atoms. The molecule has 2 N–H and O–H groups in total. The number of carbonyl (C=O) groups is 1. The van der Waals surface area contributed by atoms with Gasteiger partial charge in [0.25, 0.3) is 0 Å². The van der Waals surface area contributed by atoms with E-state index < -0.39 is 5.97 Å². The maximum absolute atomic E-state index is 11.4. The Kier molecular flexibility index (Phi) is 2.66. The summed E-state index contributed by atoms with van der Waals surface area (Å²) in [5, 5.41) is 1.26. The number of nitrogen functional groups attached to an aromatic ring is 1. The number of aromatic nitrogens is 1. The molecule has 0 saturated heterocycles. The van der Waals surface area contributed by atoms with Gasteiger partial charge in [-0.1, -0.05) is 11.6 Å². The van der Waals surface area contributed by atoms with Crippen molar-refractivity contribution in [1.82, 2.24) is 4.98 Å². The fourth-order valence-corrected chi connectivity index (χ4v) is 1.63. The molecular weight excluding hydrogens is 228 g/mol. The lowest BCUT2D eigenvalue weighted by Gasteiger charge is -2.06. The third kappa shape index (κ3) is 1.67. The highest BCUT2D eigenvalue weighted by atomic mass is 35.5. The molecule has 1 aromatic carbocycles. The molecule has 5 heteroatoms. The Balaban J connectivity index is 2.70. The topological polar surface area (TPSA) is 65.2 Å². The average molecular weight is 237 g/mol. The normalized spacial score (nSPS) is 10.4. The van der Waals surface area contributed by atoms with Crippen LogP contribution in [0.5, 0.6) is 0 Å². The van der Waals surface area contributed by atoms with E-state index in [1.165, 1.54) is 13.3 Å². The predicted molar refractivity (Wildman–Crippen MR) is 62.5 cm³/mol. The molecule has 0 unspecified atom stereocenters. The minimum absolute atomic E-state index is 0.261. The largest absolute Gasteiger partial charge is 0.465 e. The van der Waals surface area contributed by atoms with Gasteiger partial charge in [0.1, 0.15) is 5.56 Å². The minimum atomic E-state index is -0.498. The number of benzene rings is 1. The van der Waals surface area contributed by atoms with Crippen molar-refractivity contribution in [1.29, 1.82) is 0 Å². The summed E-state index contributed by atoms with van der Waals surface area (Å²) >= 11 is 5.83. The second-order valence-corrected chi connectivity index (χ2v) is 3.68. The summed E-state index contributed by atoms with van der Waals surface area (Å²) in [4.78, 5) is 15.5. The zero-order chi connectivity index (χ0) is 11.7. The van der Waals surface area contributed by atoms with Crippen molar-refractivity contribution in [2.45, 2.75) is 0 Å². The van der Waals surface area contributed by atoms with Gasteiger partial charge >= 0.3 is 5.97 Å². The molecule has 82 valence electrons. The molecular formula is C11H9ClN2O2. The lowest BCUT2D eigenvalue weighted by molar-refractivity contribution is 0.0601. The maximum atomic E-state index is 11.4. The molecule has 1 heterocycles. The Morgan fingerprint density at radius 2 is 2.25 bits per heavy atom. The first-order valence-electron chi connectivity index (χ1n) is 4.55. The average Bonchev–Trinajstić information content (AvgIpc) is 2.28. The van der Waals surface area contributed by atoms with Gasteiger partial charge in [-0.25, -0.2) is 4.79 Å². The highest BCUT2D eigenvalue weighted by molar-refractivity contribution is 6.31. The summed E-state index contributed by atoms with van der Waals surface area (Å²) in [5.41, 5.74) is 7.13. The summed E-state index contributed by atoms with van der Waals surface area (Å²) < 4.78 is 4.60. The number of carbonyl (C=O) groups excluding carboxylic acids is 1. The first-order valence-corrected chi connectivity index (χ1v) is 4.93. The fourth-order valence-electron chi connectivity index (χ4n) is 1.46. The molecule has 2 rings (SSSR count). The van der Waals surface area contributed by atoms with E-state index >= 15 is 0 Å². The summed E-state index contributed by atoms with van der Waals surface area (Å²) in [5.74, 6) is -0.498. The lowest BCUT2D eigenvalue weighted by Crippen LogP contribution is -2.06. The van der Waals surface area contributed by atoms with Crippen molar-refractivity contribution in [2.75, 3.05) is 12.8 Å². The van der Waals surface area contributed by atoms with Crippen LogP contribution in [0.2, 0.25) is 5.02 Å². The quantitative estimate of drug-likeness (QED) is 0.772. The van der Waals surface area contributed by atoms with Crippen molar-refractivity contribution in [3.05, 3.63) is 35.0 Å². The van der Waals surface area contributed by atoms with E-state index in [1.807, 2.05) is 0 Å². The van der Waals surface area contributed by atoms with Crippen LogP contribution in [-0.2, 0) is 4.74 Å². The van der Waals surface area contributed by atoms with Crippen LogP contribution in [-0.4, -0.2) is 18.1 Å². The van der Waals surface area contributed by atoms with Crippen LogP contribution in [0.25, 0.3) is 10.9 Å². The van der Waals surface area contributed by atoms with Crippen molar-refractivity contribution in [2.24, 2.45) is 0 Å². The van der Waals surface area contributed by atoms with E-state index in [9.17, 15) is 4.79 Å². The molecule has 16 heavy (non-hydrogen) atoms. The molecule has 0 fully saturated rings. The van der Waals surface area contributed by atoms with E-state index in [-0.39, 0.29) is 5.56 Å². The number of halogens is 1. The lowest BCUT2D eigenvalue weighted by atomic mass is 10.1. The van der Waals surface area contributed by atoms with E-state index in [0.29, 0.717) is 21.6 Å². The molecule has 0 radical (unpaired) electrons. The number of esters is 1. The Morgan fingerprint density at radius 3 is 2.94 bits per heavy atom. The summed E-state index contributed by atoms with van der Waals surface area (Å²) in [6.45, 7) is 0. The van der Waals surface area contributed by atoms with Crippen LogP contribution in [0.3, 0.4) is 0 Å². The van der Waals surface area contributed by atoms with Crippen LogP contribution >= 0.6 is 11.6 Å². The minimum Gasteiger partial charge on any atom is -0.465 e. The third-order valence-electron chi connectivity index (χ3n) is 2.28. The first-order chi connectivity index (χ1) is 7.63. The number of fused-ring (bicyclic) bond motifs is 1. The van der Waals surface area contributed by atoms with Gasteiger partial charge in [0.05, 0.1) is 18.3 Å². The Bertz CT molecular complexity index is 569. The van der Waals surface area contributed by atoms with Crippen molar-refractivity contribution >= 4 is 34.2 Å². The van der Waals surface area contributed by atoms with Crippen LogP contribution in [0.4, 0.5) is 5.69 Å². The highest BCUT2D eigenvalue weighted by Gasteiger charge is 2.13. The van der Waals surface area contributed by atoms with E-state index in [2.05, 4.69) is 9.72 Å². The molecule has 0 saturated carbocycles. The van der Waals surface area contributed by atoms with Gasteiger partial charge in [-0.15, -0.1) is 0 Å². The number of rotatable bonds is 1. The van der Waals surface area contributed by atoms with Gasteiger partial charge in [0, 0.05) is 16.6 Å². The number of methoxy groups -OCH3 is 1. The molecule has 0 aliphatic rings. The van der Waals surface area contributed by atoms with Crippen molar-refractivity contribution < 1.29 is 9.53 Å². The number of nitrogens with zero attached hydrogens (tertiary/aromatic N) is 1. The number of hydrogen-bond acceptors (Lipinski definition) is 4. The fraction of sp³-hybridized carbons (Fsp3) is 0.0909. The Labute approximate surface area is 97.0 Å². The van der Waals surface area contributed by atoms with Gasteiger partial charge < -0.3 is 10.5 Å². The van der Waals surface area contributed by atoms with Crippen LogP contribution in [0, 0.1) is 0 Å². The SMILES string of the molecule is COC(=O)c1cnc2cc(Cl)ccc2c1N. The maximum Gasteiger partial charge on any atom is 0.341 e. The van der Waals surface area contributed by atoms with Crippen molar-refractivity contribution in [3.63, 3.8) is 0 Å². The van der Waals surface area contributed by atoms with Gasteiger partial charge in [0.2, 0.25) is 0 Å². The monoisotopic (exact) mass is 236 g/mol. The zero-order valence-corrected chi connectivity index (χ0v) is 9.28. The Morgan fingerprint density at radius 1 is 1.50 bits per heavy atom. The number of nitrogens with two attached hydrogens (primary N) is 1. The van der Waals surface area contributed by atoms with Gasteiger partial charge in [0.15, 0.2) is 0 Å². The number of ether oxygens (including phenoxy) is 1. The molecule has 4 nitrogen and oxygen atoms in total. The van der Waals surface area contributed by atoms with E-state index in [1.54, 1.807) is 18.2 Å². The van der Waals surface area contributed by atoms with Crippen molar-refractivity contribution in [3.8, 4) is 0 Å². The molecule has 0 amide bonds. The van der Waals surface area contributed by atoms with E-state index in [0.717, 1.165) is 0 Å². The first kappa shape index (κ1) is 10.7. The van der Waals surface area contributed by atoms with Gasteiger partial charge in [-0.3, -0.25) is 4.98 Å². The number of hydrogen-bond donors (Lipinski definition) is 1. The standard InChI is InChI=1S/C11H9ClN2O2/c1-16-11(15)8-5-14-9-4-6(12)2-3-7(9)10(8)13/h2-5H,1H3,(H2,13,14). The van der Waals surface area contributed by atoms with Crippen LogP contribution in [0.1, 0.15) is 10.4 Å². The predicted octanol–water partition coefficient (Wildman–Crippen LogP) is 2.26. The molecule has 0 bridgehead atoms. The second kappa shape index (κ2) is 3.98. The molecule has 1 aromatic heterocycles. The second-order valence-electron chi connectivity index (χ2n) is 3.24. The molecule has 0 aliphatic carbocycles. The number of pyridine rings is 1. The summed E-state index contributed by atoms with van der Waals surface area (Å²) in [7, 11) is 1.30. The van der Waals surface area contributed by atoms with Crippen LogP contribution < -0.4 is 5.73 Å². The van der Waals surface area contributed by atoms with Gasteiger partial charge in [-0.2, -0.15) is 0 Å². The summed E-state index contributed by atoms with van der Waals surface area (Å²) in [6, 6.07) is 5.11. The number of anilines is 1.